The van der Waals surface area contributed by atoms with Crippen molar-refractivity contribution in [2.45, 2.75) is 20.4 Å². The number of halogens is 2. The summed E-state index contributed by atoms with van der Waals surface area (Å²) in [7, 11) is 3.30. The van der Waals surface area contributed by atoms with E-state index in [0.29, 0.717) is 40.6 Å². The Labute approximate surface area is 176 Å². The van der Waals surface area contributed by atoms with Crippen LogP contribution in [0.1, 0.15) is 25.0 Å². The number of rotatable bonds is 8. The fourth-order valence-corrected chi connectivity index (χ4v) is 2.99. The Bertz CT molecular complexity index is 850. The summed E-state index contributed by atoms with van der Waals surface area (Å²) in [5.74, 6) is 1.29. The summed E-state index contributed by atoms with van der Waals surface area (Å²) in [5.41, 5.74) is 1.72. The van der Waals surface area contributed by atoms with Gasteiger partial charge in [0.2, 0.25) is 5.91 Å². The minimum Gasteiger partial charge on any atom is -0.493 e. The molecule has 0 saturated heterocycles. The Balaban J connectivity index is 2.09. The van der Waals surface area contributed by atoms with Crippen molar-refractivity contribution in [2.24, 2.45) is 5.92 Å². The number of ether oxygens (including phenoxy) is 2. The van der Waals surface area contributed by atoms with Gasteiger partial charge in [0, 0.05) is 24.7 Å². The highest BCUT2D eigenvalue weighted by Gasteiger charge is 2.12. The average Bonchev–Trinajstić information content (AvgIpc) is 2.64. The van der Waals surface area contributed by atoms with E-state index in [1.807, 2.05) is 18.2 Å². The van der Waals surface area contributed by atoms with Gasteiger partial charge in [-0.2, -0.15) is 0 Å². The smallest absolute Gasteiger partial charge is 0.246 e. The Hall–Kier alpha value is -2.17. The van der Waals surface area contributed by atoms with Gasteiger partial charge in [0.05, 0.1) is 18.7 Å². The summed E-state index contributed by atoms with van der Waals surface area (Å²) in [6.45, 7) is 5.12. The van der Waals surface area contributed by atoms with E-state index in [2.05, 4.69) is 13.8 Å². The van der Waals surface area contributed by atoms with Crippen molar-refractivity contribution in [1.29, 1.82) is 0 Å². The maximum atomic E-state index is 12.4. The van der Waals surface area contributed by atoms with Crippen LogP contribution < -0.4 is 9.47 Å². The maximum Gasteiger partial charge on any atom is 0.246 e. The number of benzene rings is 2. The van der Waals surface area contributed by atoms with Gasteiger partial charge in [0.1, 0.15) is 0 Å². The normalized spacial score (nSPS) is 11.1. The topological polar surface area (TPSA) is 38.8 Å². The van der Waals surface area contributed by atoms with Crippen molar-refractivity contribution in [3.05, 3.63) is 63.6 Å². The Morgan fingerprint density at radius 3 is 2.61 bits per heavy atom. The number of carbonyl (C=O) groups is 1. The molecule has 0 bridgehead atoms. The summed E-state index contributed by atoms with van der Waals surface area (Å²) >= 11 is 12.3. The molecule has 0 unspecified atom stereocenters. The van der Waals surface area contributed by atoms with Crippen LogP contribution in [0.4, 0.5) is 0 Å². The van der Waals surface area contributed by atoms with E-state index >= 15 is 0 Å². The summed E-state index contributed by atoms with van der Waals surface area (Å²) in [6.07, 6.45) is 3.21. The molecule has 2 aromatic rings. The van der Waals surface area contributed by atoms with Gasteiger partial charge in [-0.15, -0.1) is 0 Å². The minimum atomic E-state index is -0.129. The molecule has 150 valence electrons. The van der Waals surface area contributed by atoms with Gasteiger partial charge >= 0.3 is 0 Å². The van der Waals surface area contributed by atoms with E-state index in [-0.39, 0.29) is 5.91 Å². The van der Waals surface area contributed by atoms with Crippen LogP contribution in [0.15, 0.2) is 42.5 Å². The molecule has 0 radical (unpaired) electrons. The lowest BCUT2D eigenvalue weighted by Gasteiger charge is -2.16. The lowest BCUT2D eigenvalue weighted by Crippen LogP contribution is -2.24. The highest BCUT2D eigenvalue weighted by molar-refractivity contribution is 6.32. The molecular weight excluding hydrogens is 397 g/mol. The van der Waals surface area contributed by atoms with Crippen LogP contribution in [-0.4, -0.2) is 31.6 Å². The third kappa shape index (κ3) is 6.47. The Morgan fingerprint density at radius 2 is 1.96 bits per heavy atom. The second-order valence-electron chi connectivity index (χ2n) is 6.90. The Morgan fingerprint density at radius 1 is 1.21 bits per heavy atom. The van der Waals surface area contributed by atoms with E-state index in [1.54, 1.807) is 43.3 Å². The van der Waals surface area contributed by atoms with Crippen LogP contribution in [0, 0.1) is 5.92 Å². The highest BCUT2D eigenvalue weighted by atomic mass is 35.5. The average molecular weight is 422 g/mol. The van der Waals surface area contributed by atoms with Gasteiger partial charge in [-0.05, 0) is 47.4 Å². The summed E-state index contributed by atoms with van der Waals surface area (Å²) in [6, 6.07) is 11.0. The minimum absolute atomic E-state index is 0.129. The lowest BCUT2D eigenvalue weighted by atomic mass is 10.1. The molecule has 0 fully saturated rings. The van der Waals surface area contributed by atoms with Crippen LogP contribution in [-0.2, 0) is 11.3 Å². The van der Waals surface area contributed by atoms with Gasteiger partial charge in [-0.25, -0.2) is 0 Å². The molecule has 0 saturated carbocycles. The number of carbonyl (C=O) groups excluding carboxylic acids is 1. The van der Waals surface area contributed by atoms with Crippen LogP contribution in [0.3, 0.4) is 0 Å². The monoisotopic (exact) mass is 421 g/mol. The van der Waals surface area contributed by atoms with E-state index in [4.69, 9.17) is 32.7 Å². The molecule has 0 spiro atoms. The van der Waals surface area contributed by atoms with Crippen LogP contribution in [0.25, 0.3) is 6.08 Å². The Kier molecular flexibility index (Phi) is 8.21. The van der Waals surface area contributed by atoms with Crippen molar-refractivity contribution in [3.8, 4) is 11.5 Å². The zero-order valence-electron chi connectivity index (χ0n) is 16.5. The van der Waals surface area contributed by atoms with E-state index in [0.717, 1.165) is 11.1 Å². The van der Waals surface area contributed by atoms with Crippen molar-refractivity contribution in [3.63, 3.8) is 0 Å². The molecule has 0 aromatic heterocycles. The second kappa shape index (κ2) is 10.4. The van der Waals surface area contributed by atoms with Gasteiger partial charge in [-0.1, -0.05) is 49.2 Å². The molecule has 6 heteroatoms. The fraction of sp³-hybridized carbons (Fsp3) is 0.318. The maximum absolute atomic E-state index is 12.4. The molecule has 28 heavy (non-hydrogen) atoms. The summed E-state index contributed by atoms with van der Waals surface area (Å²) < 4.78 is 11.1. The molecule has 1 amide bonds. The van der Waals surface area contributed by atoms with Crippen molar-refractivity contribution in [1.82, 2.24) is 4.90 Å². The van der Waals surface area contributed by atoms with Crippen molar-refractivity contribution in [2.75, 3.05) is 20.8 Å². The standard InChI is InChI=1S/C22H25Cl2NO3/c1-15(2)14-28-22-19(24)11-16(12-20(22)27-4)8-9-21(26)25(3)13-17-6-5-7-18(23)10-17/h5-12,15H,13-14H2,1-4H3/b9-8+. The highest BCUT2D eigenvalue weighted by Crippen LogP contribution is 2.37. The van der Waals surface area contributed by atoms with Crippen molar-refractivity contribution >= 4 is 35.2 Å². The number of methoxy groups -OCH3 is 1. The molecule has 0 N–H and O–H groups in total. The van der Waals surface area contributed by atoms with E-state index in [9.17, 15) is 4.79 Å². The molecular formula is C22H25Cl2NO3. The molecule has 2 rings (SSSR count). The number of amides is 1. The fourth-order valence-electron chi connectivity index (χ4n) is 2.51. The number of likely N-dealkylation sites (N-methyl/N-ethyl adjacent to an activating group) is 1. The first-order valence-electron chi connectivity index (χ1n) is 8.98. The molecule has 0 aliphatic heterocycles. The van der Waals surface area contributed by atoms with Gasteiger partial charge in [0.25, 0.3) is 0 Å². The quantitative estimate of drug-likeness (QED) is 0.512. The van der Waals surface area contributed by atoms with Gasteiger partial charge in [0.15, 0.2) is 11.5 Å². The number of hydrogen-bond donors (Lipinski definition) is 0. The summed E-state index contributed by atoms with van der Waals surface area (Å²) in [5, 5.41) is 1.09. The summed E-state index contributed by atoms with van der Waals surface area (Å²) in [4.78, 5) is 14.0. The van der Waals surface area contributed by atoms with Crippen LogP contribution in [0.5, 0.6) is 11.5 Å². The molecule has 2 aromatic carbocycles. The molecule has 4 nitrogen and oxygen atoms in total. The van der Waals surface area contributed by atoms with Gasteiger partial charge < -0.3 is 14.4 Å². The number of hydrogen-bond acceptors (Lipinski definition) is 3. The van der Waals surface area contributed by atoms with Crippen molar-refractivity contribution < 1.29 is 14.3 Å². The second-order valence-corrected chi connectivity index (χ2v) is 7.74. The van der Waals surface area contributed by atoms with Crippen LogP contribution in [0.2, 0.25) is 10.0 Å². The predicted molar refractivity (Wildman–Crippen MR) is 115 cm³/mol. The first-order valence-corrected chi connectivity index (χ1v) is 9.73. The largest absolute Gasteiger partial charge is 0.493 e. The first kappa shape index (κ1) is 22.1. The SMILES string of the molecule is COc1cc(/C=C/C(=O)N(C)Cc2cccc(Cl)c2)cc(Cl)c1OCC(C)C. The first-order chi connectivity index (χ1) is 13.3. The van der Waals surface area contributed by atoms with E-state index in [1.165, 1.54) is 6.08 Å². The van der Waals surface area contributed by atoms with E-state index < -0.39 is 0 Å². The molecule has 0 atom stereocenters. The molecule has 0 aliphatic carbocycles. The predicted octanol–water partition coefficient (Wildman–Crippen LogP) is 5.71. The van der Waals surface area contributed by atoms with Gasteiger partial charge in [-0.3, -0.25) is 4.79 Å². The molecule has 0 aliphatic rings. The lowest BCUT2D eigenvalue weighted by molar-refractivity contribution is -0.125. The molecule has 0 heterocycles. The third-order valence-corrected chi connectivity index (χ3v) is 4.43. The third-order valence-electron chi connectivity index (χ3n) is 3.92. The van der Waals surface area contributed by atoms with Crippen LogP contribution >= 0.6 is 23.2 Å². The number of nitrogens with zero attached hydrogens (tertiary/aromatic N) is 1. The zero-order valence-corrected chi connectivity index (χ0v) is 18.1. The zero-order chi connectivity index (χ0) is 20.7.